The maximum absolute atomic E-state index is 11.9. The van der Waals surface area contributed by atoms with Gasteiger partial charge in [-0.25, -0.2) is 0 Å². The lowest BCUT2D eigenvalue weighted by atomic mass is 10.1. The largest absolute Gasteiger partial charge is 0.352 e. The zero-order valence-corrected chi connectivity index (χ0v) is 12.9. The van der Waals surface area contributed by atoms with E-state index in [-0.39, 0.29) is 11.9 Å². The molecule has 1 aromatic rings. The van der Waals surface area contributed by atoms with Crippen LogP contribution in [-0.2, 0) is 11.3 Å². The van der Waals surface area contributed by atoms with Gasteiger partial charge in [-0.1, -0.05) is 13.8 Å². The van der Waals surface area contributed by atoms with E-state index in [0.717, 1.165) is 18.9 Å². The number of nitrogens with zero attached hydrogens (tertiary/aromatic N) is 1. The molecule has 1 aliphatic rings. The smallest absolute Gasteiger partial charge is 0.240 e. The number of rotatable bonds is 8. The second-order valence-corrected chi connectivity index (χ2v) is 5.87. The molecule has 0 aliphatic heterocycles. The molecule has 0 radical (unpaired) electrons. The number of carbonyl (C=O) groups is 1. The fraction of sp³-hybridized carbons (Fsp3) is 0.688. The minimum absolute atomic E-state index is 0.0907. The van der Waals surface area contributed by atoms with Crippen LogP contribution in [0.15, 0.2) is 18.5 Å². The average molecular weight is 277 g/mol. The molecule has 4 heteroatoms. The van der Waals surface area contributed by atoms with E-state index in [2.05, 4.69) is 36.7 Å². The maximum Gasteiger partial charge on any atom is 0.240 e. The first-order valence-electron chi connectivity index (χ1n) is 7.82. The molecular formula is C16H27N3O. The quantitative estimate of drug-likeness (QED) is 0.767. The second-order valence-electron chi connectivity index (χ2n) is 5.87. The number of nitrogens with one attached hydrogen (secondary N) is 2. The Hall–Kier alpha value is -1.29. The number of carbonyl (C=O) groups excluding carboxylic acids is 1. The van der Waals surface area contributed by atoms with Gasteiger partial charge < -0.3 is 15.2 Å². The Labute approximate surface area is 121 Å². The molecule has 112 valence electrons. The van der Waals surface area contributed by atoms with Crippen molar-refractivity contribution in [3.63, 3.8) is 0 Å². The van der Waals surface area contributed by atoms with Crippen molar-refractivity contribution in [2.24, 2.45) is 5.92 Å². The Bertz CT molecular complexity index is 437. The predicted octanol–water partition coefficient (Wildman–Crippen LogP) is 2.46. The SMILES string of the molecule is CCNC(c1ccn(CC(=O)NC(C)CC)c1)C1CC1. The summed E-state index contributed by atoms with van der Waals surface area (Å²) in [6.45, 7) is 7.66. The first-order valence-corrected chi connectivity index (χ1v) is 7.82. The van der Waals surface area contributed by atoms with Crippen molar-refractivity contribution in [1.82, 2.24) is 15.2 Å². The Morgan fingerprint density at radius 1 is 1.45 bits per heavy atom. The summed E-state index contributed by atoms with van der Waals surface area (Å²) in [5.74, 6) is 0.868. The van der Waals surface area contributed by atoms with Crippen LogP contribution < -0.4 is 10.6 Å². The van der Waals surface area contributed by atoms with Gasteiger partial charge in [-0.15, -0.1) is 0 Å². The van der Waals surface area contributed by atoms with Gasteiger partial charge in [0.1, 0.15) is 6.54 Å². The zero-order chi connectivity index (χ0) is 14.5. The molecule has 1 amide bonds. The van der Waals surface area contributed by atoms with E-state index in [9.17, 15) is 4.79 Å². The van der Waals surface area contributed by atoms with Crippen molar-refractivity contribution in [3.05, 3.63) is 24.0 Å². The molecule has 2 N–H and O–H groups in total. The van der Waals surface area contributed by atoms with E-state index in [1.165, 1.54) is 18.4 Å². The summed E-state index contributed by atoms with van der Waals surface area (Å²) in [6.07, 6.45) is 7.72. The van der Waals surface area contributed by atoms with Gasteiger partial charge >= 0.3 is 0 Å². The first kappa shape index (κ1) is 15.1. The number of hydrogen-bond acceptors (Lipinski definition) is 2. The van der Waals surface area contributed by atoms with Gasteiger partial charge in [0, 0.05) is 24.5 Å². The topological polar surface area (TPSA) is 46.1 Å². The fourth-order valence-corrected chi connectivity index (χ4v) is 2.54. The molecule has 0 bridgehead atoms. The zero-order valence-electron chi connectivity index (χ0n) is 12.9. The Morgan fingerprint density at radius 2 is 2.20 bits per heavy atom. The van der Waals surface area contributed by atoms with Crippen LogP contribution in [0.5, 0.6) is 0 Å². The van der Waals surface area contributed by atoms with E-state index in [4.69, 9.17) is 0 Å². The van der Waals surface area contributed by atoms with Gasteiger partial charge in [-0.3, -0.25) is 4.79 Å². The third-order valence-corrected chi connectivity index (χ3v) is 4.00. The van der Waals surface area contributed by atoms with Crippen LogP contribution in [0.3, 0.4) is 0 Å². The van der Waals surface area contributed by atoms with Crippen LogP contribution in [0.4, 0.5) is 0 Å². The lowest BCUT2D eigenvalue weighted by Crippen LogP contribution is -2.34. The van der Waals surface area contributed by atoms with E-state index < -0.39 is 0 Å². The highest BCUT2D eigenvalue weighted by atomic mass is 16.2. The molecule has 0 saturated heterocycles. The van der Waals surface area contributed by atoms with Gasteiger partial charge in [0.15, 0.2) is 0 Å². The van der Waals surface area contributed by atoms with Gasteiger partial charge in [-0.2, -0.15) is 0 Å². The van der Waals surface area contributed by atoms with E-state index in [1.807, 2.05) is 17.7 Å². The first-order chi connectivity index (χ1) is 9.63. The molecule has 1 aliphatic carbocycles. The normalized spacial score (nSPS) is 17.8. The molecular weight excluding hydrogens is 250 g/mol. The summed E-state index contributed by atoms with van der Waals surface area (Å²) in [5.41, 5.74) is 1.31. The molecule has 2 rings (SSSR count). The van der Waals surface area contributed by atoms with Crippen molar-refractivity contribution >= 4 is 5.91 Å². The lowest BCUT2D eigenvalue weighted by Gasteiger charge is -2.16. The van der Waals surface area contributed by atoms with Gasteiger partial charge in [0.25, 0.3) is 0 Å². The molecule has 1 saturated carbocycles. The minimum atomic E-state index is 0.0907. The molecule has 2 unspecified atom stereocenters. The number of amides is 1. The van der Waals surface area contributed by atoms with Crippen molar-refractivity contribution in [3.8, 4) is 0 Å². The fourth-order valence-electron chi connectivity index (χ4n) is 2.54. The summed E-state index contributed by atoms with van der Waals surface area (Å²) in [7, 11) is 0. The standard InChI is InChI=1S/C16H27N3O/c1-4-12(3)18-15(20)11-19-9-8-14(10-19)16(17-5-2)13-6-7-13/h8-10,12-13,16-17H,4-7,11H2,1-3H3,(H,18,20). The third-order valence-electron chi connectivity index (χ3n) is 4.00. The predicted molar refractivity (Wildman–Crippen MR) is 81.5 cm³/mol. The summed E-state index contributed by atoms with van der Waals surface area (Å²) in [5, 5.41) is 6.56. The third kappa shape index (κ3) is 4.10. The molecule has 1 heterocycles. The second kappa shape index (κ2) is 6.93. The molecule has 2 atom stereocenters. The summed E-state index contributed by atoms with van der Waals surface area (Å²) in [6, 6.07) is 2.85. The monoisotopic (exact) mass is 277 g/mol. The minimum Gasteiger partial charge on any atom is -0.352 e. The molecule has 0 aromatic carbocycles. The van der Waals surface area contributed by atoms with Crippen LogP contribution >= 0.6 is 0 Å². The molecule has 1 aromatic heterocycles. The Balaban J connectivity index is 1.92. The van der Waals surface area contributed by atoms with Crippen molar-refractivity contribution < 1.29 is 4.79 Å². The van der Waals surface area contributed by atoms with Crippen LogP contribution in [-0.4, -0.2) is 23.1 Å². The van der Waals surface area contributed by atoms with Crippen LogP contribution in [0.1, 0.15) is 51.6 Å². The molecule has 0 spiro atoms. The summed E-state index contributed by atoms with van der Waals surface area (Å²) < 4.78 is 1.99. The maximum atomic E-state index is 11.9. The van der Waals surface area contributed by atoms with E-state index in [0.29, 0.717) is 12.6 Å². The van der Waals surface area contributed by atoms with Crippen LogP contribution in [0.2, 0.25) is 0 Å². The molecule has 4 nitrogen and oxygen atoms in total. The lowest BCUT2D eigenvalue weighted by molar-refractivity contribution is -0.122. The van der Waals surface area contributed by atoms with Crippen molar-refractivity contribution in [2.45, 2.75) is 58.7 Å². The Morgan fingerprint density at radius 3 is 2.80 bits per heavy atom. The summed E-state index contributed by atoms with van der Waals surface area (Å²) >= 11 is 0. The van der Waals surface area contributed by atoms with Gasteiger partial charge in [-0.05, 0) is 50.3 Å². The highest BCUT2D eigenvalue weighted by Gasteiger charge is 2.32. The van der Waals surface area contributed by atoms with E-state index >= 15 is 0 Å². The van der Waals surface area contributed by atoms with Crippen LogP contribution in [0.25, 0.3) is 0 Å². The van der Waals surface area contributed by atoms with Crippen molar-refractivity contribution in [1.29, 1.82) is 0 Å². The van der Waals surface area contributed by atoms with E-state index in [1.54, 1.807) is 0 Å². The van der Waals surface area contributed by atoms with Gasteiger partial charge in [0.2, 0.25) is 5.91 Å². The number of hydrogen-bond donors (Lipinski definition) is 2. The van der Waals surface area contributed by atoms with Crippen LogP contribution in [0, 0.1) is 5.92 Å². The Kier molecular flexibility index (Phi) is 5.24. The number of aromatic nitrogens is 1. The molecule has 1 fully saturated rings. The van der Waals surface area contributed by atoms with Crippen molar-refractivity contribution in [2.75, 3.05) is 6.54 Å². The average Bonchev–Trinajstić information content (AvgIpc) is 3.16. The summed E-state index contributed by atoms with van der Waals surface area (Å²) in [4.78, 5) is 11.9. The highest BCUT2D eigenvalue weighted by molar-refractivity contribution is 5.76. The van der Waals surface area contributed by atoms with Gasteiger partial charge in [0.05, 0.1) is 0 Å². The molecule has 20 heavy (non-hydrogen) atoms. The highest BCUT2D eigenvalue weighted by Crippen LogP contribution is 2.40.